The van der Waals surface area contributed by atoms with Gasteiger partial charge in [0.2, 0.25) is 11.7 Å². The molecule has 0 saturated heterocycles. The molecule has 27 heavy (non-hydrogen) atoms. The Hall–Kier alpha value is -2.19. The first-order chi connectivity index (χ1) is 12.5. The van der Waals surface area contributed by atoms with Crippen LogP contribution in [0.3, 0.4) is 0 Å². The van der Waals surface area contributed by atoms with E-state index in [1.54, 1.807) is 27.7 Å². The molecule has 0 aliphatic rings. The van der Waals surface area contributed by atoms with Crippen LogP contribution < -0.4 is 4.74 Å². The van der Waals surface area contributed by atoms with Crippen LogP contribution in [0, 0.1) is 13.8 Å². The smallest absolute Gasteiger partial charge is 0.309 e. The number of ketones is 1. The third-order valence-corrected chi connectivity index (χ3v) is 6.63. The molecule has 7 nitrogen and oxygen atoms in total. The SMILES string of the molecule is CCn1ncc(C(=O)c2cc(C)c(S(=O)(=O)CC)c(C)c2Cl)c1OC(C)=O. The minimum absolute atomic E-state index is 0.0339. The summed E-state index contributed by atoms with van der Waals surface area (Å²) in [6, 6.07) is 1.45. The molecule has 0 saturated carbocycles. The van der Waals surface area contributed by atoms with E-state index in [0.717, 1.165) is 0 Å². The second kappa shape index (κ2) is 7.82. The van der Waals surface area contributed by atoms with Gasteiger partial charge in [-0.1, -0.05) is 18.5 Å². The maximum absolute atomic E-state index is 13.1. The van der Waals surface area contributed by atoms with Crippen molar-refractivity contribution in [3.05, 3.63) is 39.5 Å². The summed E-state index contributed by atoms with van der Waals surface area (Å²) < 4.78 is 31.2. The topological polar surface area (TPSA) is 95.3 Å². The third kappa shape index (κ3) is 3.91. The average molecular weight is 413 g/mol. The Balaban J connectivity index is 2.66. The lowest BCUT2D eigenvalue weighted by molar-refractivity contribution is -0.132. The molecule has 1 aromatic heterocycles. The highest BCUT2D eigenvalue weighted by Crippen LogP contribution is 2.33. The molecule has 0 unspecified atom stereocenters. The van der Waals surface area contributed by atoms with Crippen molar-refractivity contribution in [2.45, 2.75) is 46.1 Å². The number of carbonyl (C=O) groups is 2. The Morgan fingerprint density at radius 2 is 1.85 bits per heavy atom. The van der Waals surface area contributed by atoms with E-state index in [1.165, 1.54) is 23.9 Å². The van der Waals surface area contributed by atoms with Crippen LogP contribution >= 0.6 is 11.6 Å². The number of ether oxygens (including phenoxy) is 1. The zero-order valence-electron chi connectivity index (χ0n) is 15.8. The predicted molar refractivity (Wildman–Crippen MR) is 101 cm³/mol. The van der Waals surface area contributed by atoms with Gasteiger partial charge in [0.05, 0.1) is 21.9 Å². The van der Waals surface area contributed by atoms with Crippen molar-refractivity contribution >= 4 is 33.2 Å². The molecule has 0 fully saturated rings. The summed E-state index contributed by atoms with van der Waals surface area (Å²) in [7, 11) is -3.49. The molecule has 9 heteroatoms. The number of aromatic nitrogens is 2. The van der Waals surface area contributed by atoms with E-state index in [9.17, 15) is 18.0 Å². The Morgan fingerprint density at radius 1 is 1.22 bits per heavy atom. The molecular formula is C18H21ClN2O5S. The molecule has 146 valence electrons. The first kappa shape index (κ1) is 21.1. The number of esters is 1. The van der Waals surface area contributed by atoms with E-state index in [-0.39, 0.29) is 32.7 Å². The van der Waals surface area contributed by atoms with Crippen molar-refractivity contribution in [3.63, 3.8) is 0 Å². The largest absolute Gasteiger partial charge is 0.407 e. The quantitative estimate of drug-likeness (QED) is 0.534. The van der Waals surface area contributed by atoms with Crippen LogP contribution in [0.2, 0.25) is 5.02 Å². The number of hydrogen-bond acceptors (Lipinski definition) is 6. The summed E-state index contributed by atoms with van der Waals surface area (Å²) in [6.07, 6.45) is 1.31. The van der Waals surface area contributed by atoms with Gasteiger partial charge in [0.25, 0.3) is 0 Å². The highest BCUT2D eigenvalue weighted by molar-refractivity contribution is 7.91. The molecule has 0 aliphatic heterocycles. The number of carbonyl (C=O) groups excluding carboxylic acids is 2. The molecule has 2 rings (SSSR count). The predicted octanol–water partition coefficient (Wildman–Crippen LogP) is 3.12. The van der Waals surface area contributed by atoms with Crippen LogP contribution in [0.15, 0.2) is 17.2 Å². The lowest BCUT2D eigenvalue weighted by Crippen LogP contribution is -2.14. The second-order valence-corrected chi connectivity index (χ2v) is 8.61. The van der Waals surface area contributed by atoms with Crippen molar-refractivity contribution in [2.24, 2.45) is 0 Å². The molecular weight excluding hydrogens is 392 g/mol. The second-order valence-electron chi connectivity index (χ2n) is 6.01. The van der Waals surface area contributed by atoms with Gasteiger partial charge in [-0.05, 0) is 38.0 Å². The summed E-state index contributed by atoms with van der Waals surface area (Å²) in [5.41, 5.74) is 0.961. The van der Waals surface area contributed by atoms with Crippen LogP contribution in [0.4, 0.5) is 0 Å². The van der Waals surface area contributed by atoms with Crippen molar-refractivity contribution in [1.82, 2.24) is 9.78 Å². The summed E-state index contributed by atoms with van der Waals surface area (Å²) in [5, 5.41) is 4.11. The molecule has 0 N–H and O–H groups in total. The highest BCUT2D eigenvalue weighted by Gasteiger charge is 2.27. The fourth-order valence-corrected chi connectivity index (χ4v) is 4.57. The van der Waals surface area contributed by atoms with Gasteiger partial charge in [-0.15, -0.1) is 0 Å². The van der Waals surface area contributed by atoms with Crippen molar-refractivity contribution in [2.75, 3.05) is 5.75 Å². The van der Waals surface area contributed by atoms with E-state index in [4.69, 9.17) is 16.3 Å². The van der Waals surface area contributed by atoms with Gasteiger partial charge >= 0.3 is 5.97 Å². The van der Waals surface area contributed by atoms with Crippen LogP contribution in [0.25, 0.3) is 0 Å². The van der Waals surface area contributed by atoms with Gasteiger partial charge < -0.3 is 4.74 Å². The highest BCUT2D eigenvalue weighted by atomic mass is 35.5. The van der Waals surface area contributed by atoms with Crippen molar-refractivity contribution in [3.8, 4) is 5.88 Å². The Bertz CT molecular complexity index is 1020. The number of benzene rings is 1. The van der Waals surface area contributed by atoms with Crippen LogP contribution in [0.1, 0.15) is 47.8 Å². The average Bonchev–Trinajstić information content (AvgIpc) is 2.99. The Kier molecular flexibility index (Phi) is 6.11. The van der Waals surface area contributed by atoms with Gasteiger partial charge in [-0.2, -0.15) is 5.10 Å². The lowest BCUT2D eigenvalue weighted by atomic mass is 10.0. The van der Waals surface area contributed by atoms with Gasteiger partial charge in [-0.3, -0.25) is 9.59 Å². The van der Waals surface area contributed by atoms with Crippen molar-refractivity contribution in [1.29, 1.82) is 0 Å². The minimum Gasteiger partial charge on any atom is -0.407 e. The fourth-order valence-electron chi connectivity index (χ4n) is 2.87. The fraction of sp³-hybridized carbons (Fsp3) is 0.389. The van der Waals surface area contributed by atoms with E-state index in [0.29, 0.717) is 17.7 Å². The maximum Gasteiger partial charge on any atom is 0.309 e. The molecule has 2 aromatic rings. The summed E-state index contributed by atoms with van der Waals surface area (Å²) >= 11 is 6.36. The summed E-state index contributed by atoms with van der Waals surface area (Å²) in [6.45, 7) is 8.15. The van der Waals surface area contributed by atoms with Crippen LogP contribution in [0.5, 0.6) is 5.88 Å². The lowest BCUT2D eigenvalue weighted by Gasteiger charge is -2.15. The number of hydrogen-bond donors (Lipinski definition) is 0. The number of halogens is 1. The number of sulfone groups is 1. The third-order valence-electron chi connectivity index (χ3n) is 4.14. The minimum atomic E-state index is -3.49. The zero-order valence-corrected chi connectivity index (χ0v) is 17.4. The van der Waals surface area contributed by atoms with E-state index in [2.05, 4.69) is 5.10 Å². The zero-order chi connectivity index (χ0) is 20.5. The summed E-state index contributed by atoms with van der Waals surface area (Å²) in [4.78, 5) is 24.6. The monoisotopic (exact) mass is 412 g/mol. The normalized spacial score (nSPS) is 11.5. The molecule has 0 bridgehead atoms. The van der Waals surface area contributed by atoms with Gasteiger partial charge in [-0.25, -0.2) is 13.1 Å². The molecule has 0 spiro atoms. The van der Waals surface area contributed by atoms with E-state index < -0.39 is 21.6 Å². The number of aryl methyl sites for hydroxylation is 2. The van der Waals surface area contributed by atoms with Gasteiger partial charge in [0, 0.05) is 19.0 Å². The van der Waals surface area contributed by atoms with Crippen molar-refractivity contribution < 1.29 is 22.7 Å². The molecule has 0 atom stereocenters. The van der Waals surface area contributed by atoms with E-state index in [1.807, 2.05) is 0 Å². The van der Waals surface area contributed by atoms with E-state index >= 15 is 0 Å². The molecule has 0 aliphatic carbocycles. The standard InChI is InChI=1S/C18H21ClN2O5S/c1-6-21-18(26-12(5)22)14(9-20-21)16(23)13-8-10(3)17(11(4)15(13)19)27(24,25)7-2/h8-9H,6-7H2,1-5H3. The summed E-state index contributed by atoms with van der Waals surface area (Å²) in [5.74, 6) is -1.12. The first-order valence-corrected chi connectivity index (χ1v) is 10.4. The number of rotatable bonds is 6. The molecule has 1 heterocycles. The van der Waals surface area contributed by atoms with Gasteiger partial charge in [0.1, 0.15) is 5.56 Å². The number of nitrogens with zero attached hydrogens (tertiary/aromatic N) is 2. The Morgan fingerprint density at radius 3 is 2.37 bits per heavy atom. The van der Waals surface area contributed by atoms with Gasteiger partial charge in [0.15, 0.2) is 9.84 Å². The Labute approximate surface area is 163 Å². The molecule has 0 amide bonds. The van der Waals surface area contributed by atoms with Crippen LogP contribution in [-0.4, -0.2) is 35.7 Å². The first-order valence-electron chi connectivity index (χ1n) is 8.36. The maximum atomic E-state index is 13.1. The van der Waals surface area contributed by atoms with Crippen LogP contribution in [-0.2, 0) is 21.2 Å². The molecule has 1 aromatic carbocycles. The molecule has 0 radical (unpaired) electrons.